The molecule has 0 heterocycles. The number of ether oxygens (including phenoxy) is 1. The Morgan fingerprint density at radius 1 is 1.15 bits per heavy atom. The summed E-state index contributed by atoms with van der Waals surface area (Å²) in [5, 5.41) is 0. The highest BCUT2D eigenvalue weighted by Gasteiger charge is 2.08. The van der Waals surface area contributed by atoms with Crippen LogP contribution in [0.2, 0.25) is 0 Å². The van der Waals surface area contributed by atoms with Gasteiger partial charge < -0.3 is 41.0 Å². The minimum atomic E-state index is 0. The van der Waals surface area contributed by atoms with Gasteiger partial charge in [-0.05, 0) is 6.92 Å². The number of halogens is 2. The molecule has 1 rings (SSSR count). The van der Waals surface area contributed by atoms with Crippen LogP contribution >= 0.6 is 0 Å². The van der Waals surface area contributed by atoms with Crippen LogP contribution in [-0.2, 0) is 0 Å². The normalized spacial score (nSPS) is 8.23. The zero-order chi connectivity index (χ0) is 8.27. The van der Waals surface area contributed by atoms with Crippen LogP contribution in [0.15, 0.2) is 18.2 Å². The standard InChI is InChI=1S/C8H12N2O.2ClH/c1-2-11-8-6(9)4-3-5-7(8)10;;/h3-5H,2,9-10H2,1H3;2*1H. The van der Waals surface area contributed by atoms with Crippen molar-refractivity contribution in [2.75, 3.05) is 6.61 Å². The fourth-order valence-corrected chi connectivity index (χ4v) is 0.968. The lowest BCUT2D eigenvalue weighted by Crippen LogP contribution is -3.00. The largest absolute Gasteiger partial charge is 1.00 e. The molecule has 0 saturated carbocycles. The van der Waals surface area contributed by atoms with Crippen molar-refractivity contribution < 1.29 is 41.0 Å². The lowest BCUT2D eigenvalue weighted by atomic mass is 10.2. The van der Waals surface area contributed by atoms with Gasteiger partial charge in [0.1, 0.15) is 0 Å². The van der Waals surface area contributed by atoms with E-state index in [0.29, 0.717) is 6.61 Å². The average Bonchev–Trinajstić information content (AvgIpc) is 1.97. The highest BCUT2D eigenvalue weighted by Crippen LogP contribution is 2.25. The smallest absolute Gasteiger partial charge is 0.242 e. The summed E-state index contributed by atoms with van der Waals surface area (Å²) < 4.78 is 5.34. The summed E-state index contributed by atoms with van der Waals surface area (Å²) in [5.74, 6) is 0.815. The van der Waals surface area contributed by atoms with Crippen LogP contribution in [0.5, 0.6) is 5.75 Å². The molecular weight excluding hydrogens is 211 g/mol. The summed E-state index contributed by atoms with van der Waals surface area (Å²) in [6.07, 6.45) is 0. The average molecular weight is 225 g/mol. The third-order valence-corrected chi connectivity index (χ3v) is 1.47. The third-order valence-electron chi connectivity index (χ3n) is 1.47. The maximum Gasteiger partial charge on any atom is 0.242 e. The molecule has 76 valence electrons. The van der Waals surface area contributed by atoms with Crippen molar-refractivity contribution in [3.8, 4) is 5.75 Å². The van der Waals surface area contributed by atoms with Gasteiger partial charge in [0.2, 0.25) is 5.75 Å². The molecule has 0 aliphatic heterocycles. The lowest BCUT2D eigenvalue weighted by molar-refractivity contribution is -0.268. The second kappa shape index (κ2) is 6.97. The molecule has 0 fully saturated rings. The van der Waals surface area contributed by atoms with E-state index in [1.54, 1.807) is 0 Å². The van der Waals surface area contributed by atoms with E-state index in [9.17, 15) is 0 Å². The molecule has 3 nitrogen and oxygen atoms in total. The highest BCUT2D eigenvalue weighted by molar-refractivity contribution is 5.57. The molecule has 1 aromatic rings. The minimum Gasteiger partial charge on any atom is -1.00 e. The van der Waals surface area contributed by atoms with Crippen LogP contribution in [0.4, 0.5) is 11.4 Å². The molecule has 0 bridgehead atoms. The van der Waals surface area contributed by atoms with E-state index in [4.69, 9.17) is 4.74 Å². The van der Waals surface area contributed by atoms with Gasteiger partial charge in [-0.25, -0.2) is 0 Å². The number of quaternary nitrogens is 2. The maximum atomic E-state index is 5.34. The predicted molar refractivity (Wildman–Crippen MR) is 42.7 cm³/mol. The monoisotopic (exact) mass is 224 g/mol. The van der Waals surface area contributed by atoms with E-state index in [1.165, 1.54) is 0 Å². The zero-order valence-corrected chi connectivity index (χ0v) is 9.03. The number of hydrogen-bond donors (Lipinski definition) is 2. The van der Waals surface area contributed by atoms with Crippen molar-refractivity contribution in [1.82, 2.24) is 0 Å². The summed E-state index contributed by atoms with van der Waals surface area (Å²) in [4.78, 5) is 0. The second-order valence-corrected chi connectivity index (χ2v) is 2.34. The number of para-hydroxylation sites is 1. The Labute approximate surface area is 90.3 Å². The molecule has 1 aromatic carbocycles. The van der Waals surface area contributed by atoms with E-state index in [-0.39, 0.29) is 24.8 Å². The molecule has 0 saturated heterocycles. The molecule has 0 aliphatic carbocycles. The summed E-state index contributed by atoms with van der Waals surface area (Å²) in [5.41, 5.74) is 9.47. The summed E-state index contributed by atoms with van der Waals surface area (Å²) in [6.45, 7) is 2.61. The van der Waals surface area contributed by atoms with Gasteiger partial charge in [0.05, 0.1) is 6.61 Å². The fraction of sp³-hybridized carbons (Fsp3) is 0.250. The van der Waals surface area contributed by atoms with E-state index in [1.807, 2.05) is 25.1 Å². The van der Waals surface area contributed by atoms with Crippen molar-refractivity contribution in [1.29, 1.82) is 0 Å². The van der Waals surface area contributed by atoms with Crippen LogP contribution < -0.4 is 41.0 Å². The first-order chi connectivity index (χ1) is 5.25. The van der Waals surface area contributed by atoms with Crippen molar-refractivity contribution >= 4 is 11.4 Å². The van der Waals surface area contributed by atoms with Crippen molar-refractivity contribution in [3.63, 3.8) is 0 Å². The van der Waals surface area contributed by atoms with Crippen LogP contribution in [0.1, 0.15) is 6.92 Å². The van der Waals surface area contributed by atoms with Crippen LogP contribution in [-0.4, -0.2) is 6.61 Å². The van der Waals surface area contributed by atoms with Crippen LogP contribution in [0.25, 0.3) is 0 Å². The van der Waals surface area contributed by atoms with Gasteiger partial charge >= 0.3 is 0 Å². The Hall–Kier alpha value is -0.480. The quantitative estimate of drug-likeness (QED) is 0.517. The van der Waals surface area contributed by atoms with E-state index < -0.39 is 0 Å². The van der Waals surface area contributed by atoms with Gasteiger partial charge in [-0.2, -0.15) is 0 Å². The molecule has 0 amide bonds. The maximum absolute atomic E-state index is 5.34. The summed E-state index contributed by atoms with van der Waals surface area (Å²) in [7, 11) is 0. The Kier molecular flexibility index (Phi) is 8.05. The Balaban J connectivity index is 0. The molecule has 13 heavy (non-hydrogen) atoms. The topological polar surface area (TPSA) is 64.5 Å². The number of rotatable bonds is 2. The molecule has 0 spiro atoms. The van der Waals surface area contributed by atoms with Gasteiger partial charge in [-0.3, -0.25) is 0 Å². The molecule has 6 N–H and O–H groups in total. The number of hydrogen-bond acceptors (Lipinski definition) is 1. The molecule has 0 unspecified atom stereocenters. The Morgan fingerprint density at radius 3 is 2.00 bits per heavy atom. The summed E-state index contributed by atoms with van der Waals surface area (Å²) in [6, 6.07) is 5.76. The number of benzene rings is 1. The molecule has 5 heteroatoms. The first-order valence-electron chi connectivity index (χ1n) is 3.65. The molecule has 0 aliphatic rings. The molecular formula is C8H14Cl2N2O. The van der Waals surface area contributed by atoms with Gasteiger partial charge in [0.25, 0.3) is 0 Å². The van der Waals surface area contributed by atoms with Crippen molar-refractivity contribution in [2.45, 2.75) is 6.92 Å². The van der Waals surface area contributed by atoms with Gasteiger partial charge in [0.15, 0.2) is 11.4 Å². The zero-order valence-electron chi connectivity index (χ0n) is 7.52. The first kappa shape index (κ1) is 15.0. The van der Waals surface area contributed by atoms with Gasteiger partial charge in [-0.1, -0.05) is 6.07 Å². The second-order valence-electron chi connectivity index (χ2n) is 2.34. The minimum absolute atomic E-state index is 0. The molecule has 0 aromatic heterocycles. The Morgan fingerprint density at radius 2 is 1.62 bits per heavy atom. The highest BCUT2D eigenvalue weighted by atomic mass is 35.5. The van der Waals surface area contributed by atoms with E-state index in [2.05, 4.69) is 11.5 Å². The Bertz CT molecular complexity index is 236. The fourth-order valence-electron chi connectivity index (χ4n) is 0.968. The van der Waals surface area contributed by atoms with Crippen molar-refractivity contribution in [3.05, 3.63) is 18.2 Å². The van der Waals surface area contributed by atoms with Crippen LogP contribution in [0, 0.1) is 0 Å². The van der Waals surface area contributed by atoms with Crippen LogP contribution in [0.3, 0.4) is 0 Å². The SMILES string of the molecule is CCOc1c([NH3+])cccc1[NH3+].[Cl-].[Cl-]. The molecule has 0 radical (unpaired) electrons. The predicted octanol–water partition coefficient (Wildman–Crippen LogP) is -6.16. The lowest BCUT2D eigenvalue weighted by Gasteiger charge is -2.03. The van der Waals surface area contributed by atoms with E-state index in [0.717, 1.165) is 17.1 Å². The third kappa shape index (κ3) is 3.83. The van der Waals surface area contributed by atoms with Gasteiger partial charge in [0, 0.05) is 12.1 Å². The summed E-state index contributed by atoms with van der Waals surface area (Å²) >= 11 is 0. The van der Waals surface area contributed by atoms with Crippen molar-refractivity contribution in [2.24, 2.45) is 0 Å². The first-order valence-corrected chi connectivity index (χ1v) is 3.65. The van der Waals surface area contributed by atoms with E-state index >= 15 is 0 Å². The molecule has 0 atom stereocenters. The van der Waals surface area contributed by atoms with Gasteiger partial charge in [-0.15, -0.1) is 0 Å².